The number of benzene rings is 2. The summed E-state index contributed by atoms with van der Waals surface area (Å²) in [7, 11) is 4.36. The molecule has 4 heteroatoms. The van der Waals surface area contributed by atoms with Crippen LogP contribution in [0.25, 0.3) is 0 Å². The van der Waals surface area contributed by atoms with Gasteiger partial charge < -0.3 is 14.0 Å². The normalized spacial score (nSPS) is 13.1. The van der Waals surface area contributed by atoms with Crippen LogP contribution in [0.5, 0.6) is 5.75 Å². The lowest BCUT2D eigenvalue weighted by atomic mass is 10.0. The molecule has 2 aromatic carbocycles. The minimum atomic E-state index is -0.552. The lowest BCUT2D eigenvalue weighted by Crippen LogP contribution is -2.45. The summed E-state index contributed by atoms with van der Waals surface area (Å²) in [5, 5.41) is 0. The number of carbonyl (C=O) groups is 1. The van der Waals surface area contributed by atoms with E-state index in [-0.39, 0.29) is 11.9 Å². The molecule has 0 saturated heterocycles. The number of rotatable bonds is 23. The minimum Gasteiger partial charge on any atom is -0.455 e. The Kier molecular flexibility index (Phi) is 17.5. The van der Waals surface area contributed by atoms with Gasteiger partial charge in [0, 0.05) is 12.0 Å². The monoisotopic (exact) mass is 566 g/mol. The average Bonchev–Trinajstić information content (AvgIpc) is 2.96. The molecule has 2 aromatic rings. The summed E-state index contributed by atoms with van der Waals surface area (Å²) in [4.78, 5) is 13.2. The smallest absolute Gasteiger partial charge is 0.317 e. The largest absolute Gasteiger partial charge is 0.455 e. The lowest BCUT2D eigenvalue weighted by Gasteiger charge is -2.33. The summed E-state index contributed by atoms with van der Waals surface area (Å²) in [6.07, 6.45) is 17.9. The Morgan fingerprint density at radius 2 is 1.29 bits per heavy atom. The molecule has 0 amide bonds. The molecule has 0 aliphatic carbocycles. The molecule has 0 saturated carbocycles. The molecule has 4 nitrogen and oxygen atoms in total. The molecule has 0 N–H and O–H groups in total. The van der Waals surface area contributed by atoms with Crippen LogP contribution in [-0.4, -0.2) is 37.4 Å². The molecule has 0 aliphatic rings. The second kappa shape index (κ2) is 20.5. The molecular weight excluding hydrogens is 506 g/mol. The number of carbonyl (C=O) groups excluding carboxylic acids is 1. The van der Waals surface area contributed by atoms with E-state index in [9.17, 15) is 4.79 Å². The Balaban J connectivity index is 1.74. The van der Waals surface area contributed by atoms with Crippen LogP contribution in [0, 0.1) is 5.92 Å². The topological polar surface area (TPSA) is 35.5 Å². The van der Waals surface area contributed by atoms with Crippen molar-refractivity contribution >= 4 is 5.97 Å². The van der Waals surface area contributed by atoms with Crippen LogP contribution in [0.2, 0.25) is 0 Å². The lowest BCUT2D eigenvalue weighted by molar-refractivity contribution is -0.906. The molecule has 41 heavy (non-hydrogen) atoms. The number of aryl methyl sites for hydroxylation is 1. The second-order valence-electron chi connectivity index (χ2n) is 12.6. The SMILES string of the molecule is CCCCCCCCCCCCCc1ccc(OC(CCC)OC(=O)C(CC)C[N+](C)(C)Cc2ccccc2)cc1. The third-order valence-electron chi connectivity index (χ3n) is 8.03. The number of unbranched alkanes of at least 4 members (excludes halogenated alkanes) is 10. The molecule has 0 bridgehead atoms. The van der Waals surface area contributed by atoms with Crippen LogP contribution in [-0.2, 0) is 22.5 Å². The highest BCUT2D eigenvalue weighted by atomic mass is 16.7. The van der Waals surface area contributed by atoms with Crippen molar-refractivity contribution in [3.05, 3.63) is 65.7 Å². The second-order valence-corrected chi connectivity index (χ2v) is 12.6. The van der Waals surface area contributed by atoms with Gasteiger partial charge in [-0.05, 0) is 43.4 Å². The maximum Gasteiger partial charge on any atom is 0.317 e. The number of hydrogen-bond donors (Lipinski definition) is 0. The highest BCUT2D eigenvalue weighted by Crippen LogP contribution is 2.21. The van der Waals surface area contributed by atoms with Crippen molar-refractivity contribution in [3.63, 3.8) is 0 Å². The quantitative estimate of drug-likeness (QED) is 0.0581. The van der Waals surface area contributed by atoms with Gasteiger partial charge in [-0.1, -0.05) is 127 Å². The van der Waals surface area contributed by atoms with E-state index in [1.165, 1.54) is 81.8 Å². The average molecular weight is 567 g/mol. The zero-order valence-corrected chi connectivity index (χ0v) is 27.0. The summed E-state index contributed by atoms with van der Waals surface area (Å²) < 4.78 is 12.8. The number of nitrogens with zero attached hydrogens (tertiary/aromatic N) is 1. The molecule has 0 fully saturated rings. The molecule has 2 unspecified atom stereocenters. The molecule has 0 aliphatic heterocycles. The van der Waals surface area contributed by atoms with Crippen LogP contribution in [0.1, 0.15) is 122 Å². The minimum absolute atomic E-state index is 0.154. The zero-order chi connectivity index (χ0) is 29.8. The molecule has 2 rings (SSSR count). The molecule has 0 heterocycles. The maximum absolute atomic E-state index is 13.2. The third-order valence-corrected chi connectivity index (χ3v) is 8.03. The van der Waals surface area contributed by atoms with Crippen molar-refractivity contribution in [1.82, 2.24) is 0 Å². The fourth-order valence-corrected chi connectivity index (χ4v) is 5.59. The molecule has 2 atom stereocenters. The molecule has 0 spiro atoms. The first-order valence-electron chi connectivity index (χ1n) is 16.7. The van der Waals surface area contributed by atoms with Crippen LogP contribution in [0.4, 0.5) is 0 Å². The summed E-state index contributed by atoms with van der Waals surface area (Å²) in [6.45, 7) is 8.06. The van der Waals surface area contributed by atoms with E-state index in [2.05, 4.69) is 71.3 Å². The van der Waals surface area contributed by atoms with E-state index in [0.29, 0.717) is 6.42 Å². The van der Waals surface area contributed by atoms with Gasteiger partial charge in [0.2, 0.25) is 6.29 Å². The van der Waals surface area contributed by atoms with Crippen LogP contribution in [0.3, 0.4) is 0 Å². The number of quaternary nitrogens is 1. The van der Waals surface area contributed by atoms with Gasteiger partial charge in [0.15, 0.2) is 0 Å². The van der Waals surface area contributed by atoms with Crippen molar-refractivity contribution < 1.29 is 18.8 Å². The maximum atomic E-state index is 13.2. The summed E-state index contributed by atoms with van der Waals surface area (Å²) in [5.41, 5.74) is 2.63. The van der Waals surface area contributed by atoms with E-state index in [1.54, 1.807) is 0 Å². The molecular formula is C37H60NO3+. The van der Waals surface area contributed by atoms with Gasteiger partial charge in [0.1, 0.15) is 18.2 Å². The fourth-order valence-electron chi connectivity index (χ4n) is 5.59. The highest BCUT2D eigenvalue weighted by Gasteiger charge is 2.30. The first-order valence-corrected chi connectivity index (χ1v) is 16.7. The van der Waals surface area contributed by atoms with E-state index in [4.69, 9.17) is 9.47 Å². The highest BCUT2D eigenvalue weighted by molar-refractivity contribution is 5.72. The first kappa shape index (κ1) is 34.9. The fraction of sp³-hybridized carbons (Fsp3) is 0.649. The van der Waals surface area contributed by atoms with Crippen molar-refractivity contribution in [2.45, 2.75) is 130 Å². The third kappa shape index (κ3) is 15.5. The summed E-state index contributed by atoms with van der Waals surface area (Å²) in [5.74, 6) is 0.454. The van der Waals surface area contributed by atoms with Crippen molar-refractivity contribution in [2.24, 2.45) is 5.92 Å². The van der Waals surface area contributed by atoms with Crippen LogP contribution < -0.4 is 4.74 Å². The first-order chi connectivity index (χ1) is 19.9. The molecule has 0 radical (unpaired) electrons. The predicted molar refractivity (Wildman–Crippen MR) is 173 cm³/mol. The standard InChI is InChI=1S/C37H60NO3/c1-6-9-10-11-12-13-14-15-16-17-19-23-32-26-28-35(29-27-32)40-36(22-7-2)41-37(39)34(8-3)31-38(4,5)30-33-24-20-18-21-25-33/h18,20-21,24-29,34,36H,6-17,19,22-23,30-31H2,1-5H3/q+1. The number of esters is 1. The van der Waals surface area contributed by atoms with Gasteiger partial charge in [0.05, 0.1) is 20.6 Å². The Labute approximate surface area is 252 Å². The Morgan fingerprint density at radius 3 is 1.85 bits per heavy atom. The van der Waals surface area contributed by atoms with E-state index in [1.807, 2.05) is 18.2 Å². The van der Waals surface area contributed by atoms with Gasteiger partial charge >= 0.3 is 5.97 Å². The van der Waals surface area contributed by atoms with E-state index in [0.717, 1.165) is 42.6 Å². The van der Waals surface area contributed by atoms with Crippen molar-refractivity contribution in [1.29, 1.82) is 0 Å². The number of ether oxygens (including phenoxy) is 2. The molecule has 0 aromatic heterocycles. The summed E-state index contributed by atoms with van der Waals surface area (Å²) in [6, 6.07) is 18.8. The Bertz CT molecular complexity index is 925. The van der Waals surface area contributed by atoms with Crippen molar-refractivity contribution in [2.75, 3.05) is 20.6 Å². The van der Waals surface area contributed by atoms with Crippen LogP contribution in [0.15, 0.2) is 54.6 Å². The van der Waals surface area contributed by atoms with Gasteiger partial charge in [0.25, 0.3) is 0 Å². The van der Waals surface area contributed by atoms with Crippen LogP contribution >= 0.6 is 0 Å². The Morgan fingerprint density at radius 1 is 0.707 bits per heavy atom. The molecule has 230 valence electrons. The number of hydrogen-bond acceptors (Lipinski definition) is 3. The Hall–Kier alpha value is -2.33. The van der Waals surface area contributed by atoms with Gasteiger partial charge in [-0.3, -0.25) is 4.79 Å². The zero-order valence-electron chi connectivity index (χ0n) is 27.0. The van der Waals surface area contributed by atoms with E-state index >= 15 is 0 Å². The van der Waals surface area contributed by atoms with E-state index < -0.39 is 6.29 Å². The van der Waals surface area contributed by atoms with Gasteiger partial charge in [-0.25, -0.2) is 0 Å². The predicted octanol–water partition coefficient (Wildman–Crippen LogP) is 9.89. The summed E-state index contributed by atoms with van der Waals surface area (Å²) >= 11 is 0. The van der Waals surface area contributed by atoms with Crippen molar-refractivity contribution in [3.8, 4) is 5.75 Å². The van der Waals surface area contributed by atoms with Gasteiger partial charge in [-0.2, -0.15) is 0 Å². The van der Waals surface area contributed by atoms with Gasteiger partial charge in [-0.15, -0.1) is 0 Å².